The van der Waals surface area contributed by atoms with E-state index in [0.29, 0.717) is 17.5 Å². The Balaban J connectivity index is 2.25. The molecule has 0 saturated carbocycles. The number of aromatic nitrogens is 2. The van der Waals surface area contributed by atoms with Gasteiger partial charge in [-0.15, -0.1) is 0 Å². The molecule has 2 heterocycles. The molecule has 20 heavy (non-hydrogen) atoms. The van der Waals surface area contributed by atoms with E-state index in [1.54, 1.807) is 18.0 Å². The Morgan fingerprint density at radius 1 is 1.35 bits per heavy atom. The number of carbonyl (C=O) groups excluding carboxylic acids is 1. The second-order valence-corrected chi connectivity index (χ2v) is 6.10. The number of hydrazine groups is 1. The number of likely N-dealkylation sites (tertiary alicyclic amines) is 1. The van der Waals surface area contributed by atoms with E-state index in [1.165, 1.54) is 0 Å². The summed E-state index contributed by atoms with van der Waals surface area (Å²) in [5, 5.41) is 3.17. The summed E-state index contributed by atoms with van der Waals surface area (Å²) in [5.41, 5.74) is 2.34. The first-order valence-electron chi connectivity index (χ1n) is 6.69. The highest BCUT2D eigenvalue weighted by Crippen LogP contribution is 2.23. The summed E-state index contributed by atoms with van der Waals surface area (Å²) < 4.78 is 0. The molecule has 1 atom stereocenters. The SMILES string of the molecule is CN1CCC(Nc2cc(NN)nc(C(C)(C)C)n2)C1=O. The van der Waals surface area contributed by atoms with Crippen molar-refractivity contribution in [2.24, 2.45) is 5.84 Å². The molecular formula is C13H22N6O. The first-order chi connectivity index (χ1) is 9.31. The van der Waals surface area contributed by atoms with Crippen LogP contribution in [-0.4, -0.2) is 40.4 Å². The highest BCUT2D eigenvalue weighted by atomic mass is 16.2. The van der Waals surface area contributed by atoms with E-state index in [9.17, 15) is 4.79 Å². The van der Waals surface area contributed by atoms with Crippen LogP contribution in [0.25, 0.3) is 0 Å². The number of amides is 1. The summed E-state index contributed by atoms with van der Waals surface area (Å²) >= 11 is 0. The van der Waals surface area contributed by atoms with Crippen LogP contribution in [0.3, 0.4) is 0 Å². The normalized spacial score (nSPS) is 19.4. The zero-order valence-electron chi connectivity index (χ0n) is 12.4. The third-order valence-corrected chi connectivity index (χ3v) is 3.29. The zero-order chi connectivity index (χ0) is 14.9. The van der Waals surface area contributed by atoms with Gasteiger partial charge in [-0.05, 0) is 6.42 Å². The van der Waals surface area contributed by atoms with Crippen molar-refractivity contribution in [2.75, 3.05) is 24.3 Å². The lowest BCUT2D eigenvalue weighted by atomic mass is 9.96. The average Bonchev–Trinajstić information content (AvgIpc) is 2.69. The van der Waals surface area contributed by atoms with E-state index < -0.39 is 0 Å². The van der Waals surface area contributed by atoms with Crippen molar-refractivity contribution >= 4 is 17.5 Å². The van der Waals surface area contributed by atoms with Crippen LogP contribution >= 0.6 is 0 Å². The molecule has 1 fully saturated rings. The molecular weight excluding hydrogens is 256 g/mol. The molecule has 4 N–H and O–H groups in total. The molecule has 7 nitrogen and oxygen atoms in total. The number of nitrogens with two attached hydrogens (primary N) is 1. The molecule has 1 unspecified atom stereocenters. The van der Waals surface area contributed by atoms with Crippen LogP contribution in [0.5, 0.6) is 0 Å². The van der Waals surface area contributed by atoms with E-state index >= 15 is 0 Å². The molecule has 1 aliphatic heterocycles. The van der Waals surface area contributed by atoms with Gasteiger partial charge >= 0.3 is 0 Å². The first kappa shape index (κ1) is 14.5. The van der Waals surface area contributed by atoms with Gasteiger partial charge in [0, 0.05) is 25.1 Å². The summed E-state index contributed by atoms with van der Waals surface area (Å²) in [7, 11) is 1.80. The third-order valence-electron chi connectivity index (χ3n) is 3.29. The highest BCUT2D eigenvalue weighted by Gasteiger charge is 2.29. The summed E-state index contributed by atoms with van der Waals surface area (Å²) in [5.74, 6) is 7.36. The fraction of sp³-hybridized carbons (Fsp3) is 0.615. The van der Waals surface area contributed by atoms with Gasteiger partial charge in [0.2, 0.25) is 5.91 Å². The molecule has 0 radical (unpaired) electrons. The van der Waals surface area contributed by atoms with Crippen molar-refractivity contribution in [3.8, 4) is 0 Å². The van der Waals surface area contributed by atoms with Gasteiger partial charge in [0.25, 0.3) is 0 Å². The lowest BCUT2D eigenvalue weighted by molar-refractivity contribution is -0.127. The topological polar surface area (TPSA) is 96.2 Å². The number of hydrogen-bond donors (Lipinski definition) is 3. The Kier molecular flexibility index (Phi) is 3.80. The lowest BCUT2D eigenvalue weighted by Crippen LogP contribution is -2.31. The number of anilines is 2. The second kappa shape index (κ2) is 5.24. The number of carbonyl (C=O) groups is 1. The van der Waals surface area contributed by atoms with Crippen LogP contribution in [0, 0.1) is 0 Å². The smallest absolute Gasteiger partial charge is 0.244 e. The highest BCUT2D eigenvalue weighted by molar-refractivity contribution is 5.86. The van der Waals surface area contributed by atoms with Gasteiger partial charge in [-0.1, -0.05) is 20.8 Å². The third kappa shape index (κ3) is 2.98. The van der Waals surface area contributed by atoms with Gasteiger partial charge in [-0.3, -0.25) is 4.79 Å². The van der Waals surface area contributed by atoms with Gasteiger partial charge in [0.1, 0.15) is 23.5 Å². The maximum Gasteiger partial charge on any atom is 0.244 e. The Bertz CT molecular complexity index is 510. The summed E-state index contributed by atoms with van der Waals surface area (Å²) in [6.45, 7) is 6.85. The minimum absolute atomic E-state index is 0.0863. The van der Waals surface area contributed by atoms with Crippen molar-refractivity contribution in [2.45, 2.75) is 38.6 Å². The Morgan fingerprint density at radius 2 is 2.00 bits per heavy atom. The number of nitrogens with zero attached hydrogens (tertiary/aromatic N) is 3. The molecule has 1 saturated heterocycles. The van der Waals surface area contributed by atoms with Crippen molar-refractivity contribution in [1.29, 1.82) is 0 Å². The largest absolute Gasteiger partial charge is 0.358 e. The minimum atomic E-state index is -0.228. The molecule has 0 aliphatic carbocycles. The van der Waals surface area contributed by atoms with Gasteiger partial charge in [-0.2, -0.15) is 0 Å². The van der Waals surface area contributed by atoms with Crippen LogP contribution in [0.1, 0.15) is 33.0 Å². The van der Waals surface area contributed by atoms with Gasteiger partial charge in [0.05, 0.1) is 0 Å². The maximum atomic E-state index is 11.9. The fourth-order valence-electron chi connectivity index (χ4n) is 2.07. The van der Waals surface area contributed by atoms with E-state index in [1.807, 2.05) is 20.8 Å². The second-order valence-electron chi connectivity index (χ2n) is 6.10. The summed E-state index contributed by atoms with van der Waals surface area (Å²) in [6.07, 6.45) is 0.773. The van der Waals surface area contributed by atoms with Crippen LogP contribution < -0.4 is 16.6 Å². The first-order valence-corrected chi connectivity index (χ1v) is 6.69. The molecule has 110 valence electrons. The predicted octanol–water partition coefficient (Wildman–Crippen LogP) is 0.702. The molecule has 1 aromatic rings. The average molecular weight is 278 g/mol. The van der Waals surface area contributed by atoms with Gasteiger partial charge in [0.15, 0.2) is 0 Å². The Labute approximate surface area is 118 Å². The molecule has 0 aromatic carbocycles. The Morgan fingerprint density at radius 3 is 2.50 bits per heavy atom. The molecule has 1 amide bonds. The van der Waals surface area contributed by atoms with Crippen molar-refractivity contribution < 1.29 is 4.79 Å². The van der Waals surface area contributed by atoms with Crippen molar-refractivity contribution in [3.63, 3.8) is 0 Å². The van der Waals surface area contributed by atoms with Crippen molar-refractivity contribution in [1.82, 2.24) is 14.9 Å². The number of nitrogens with one attached hydrogen (secondary N) is 2. The molecule has 1 aromatic heterocycles. The summed E-state index contributed by atoms with van der Waals surface area (Å²) in [4.78, 5) is 22.5. The van der Waals surface area contributed by atoms with Gasteiger partial charge in [-0.25, -0.2) is 15.8 Å². The van der Waals surface area contributed by atoms with Gasteiger partial charge < -0.3 is 15.6 Å². The van der Waals surface area contributed by atoms with Crippen LogP contribution in [0.15, 0.2) is 6.07 Å². The molecule has 1 aliphatic rings. The van der Waals surface area contributed by atoms with E-state index in [2.05, 4.69) is 20.7 Å². The number of rotatable bonds is 3. The Hall–Kier alpha value is -1.89. The molecule has 7 heteroatoms. The zero-order valence-corrected chi connectivity index (χ0v) is 12.4. The van der Waals surface area contributed by atoms with Crippen LogP contribution in [-0.2, 0) is 10.2 Å². The van der Waals surface area contributed by atoms with E-state index in [4.69, 9.17) is 5.84 Å². The quantitative estimate of drug-likeness (QED) is 0.556. The number of hydrogen-bond acceptors (Lipinski definition) is 6. The maximum absolute atomic E-state index is 11.9. The summed E-state index contributed by atoms with van der Waals surface area (Å²) in [6, 6.07) is 1.48. The minimum Gasteiger partial charge on any atom is -0.358 e. The fourth-order valence-corrected chi connectivity index (χ4v) is 2.07. The number of likely N-dealkylation sites (N-methyl/N-ethyl adjacent to an activating group) is 1. The van der Waals surface area contributed by atoms with Crippen LogP contribution in [0.2, 0.25) is 0 Å². The lowest BCUT2D eigenvalue weighted by Gasteiger charge is -2.20. The number of nitrogen functional groups attached to an aromatic ring is 1. The van der Waals surface area contributed by atoms with Crippen LogP contribution in [0.4, 0.5) is 11.6 Å². The standard InChI is InChI=1S/C13H22N6O/c1-13(2,3)12-16-9(7-10(17-12)18-14)15-8-5-6-19(4)11(8)20/h7-8H,5-6,14H2,1-4H3,(H2,15,16,17,18). The predicted molar refractivity (Wildman–Crippen MR) is 78.2 cm³/mol. The van der Waals surface area contributed by atoms with E-state index in [0.717, 1.165) is 13.0 Å². The van der Waals surface area contributed by atoms with E-state index in [-0.39, 0.29) is 17.4 Å². The van der Waals surface area contributed by atoms with Crippen molar-refractivity contribution in [3.05, 3.63) is 11.9 Å². The molecule has 2 rings (SSSR count). The molecule has 0 bridgehead atoms. The monoisotopic (exact) mass is 278 g/mol. The molecule has 0 spiro atoms.